The summed E-state index contributed by atoms with van der Waals surface area (Å²) >= 11 is 1.15. The van der Waals surface area contributed by atoms with Gasteiger partial charge in [0.1, 0.15) is 11.9 Å². The number of likely N-dealkylation sites (N-methyl/N-ethyl adjacent to an activating group) is 1. The summed E-state index contributed by atoms with van der Waals surface area (Å²) < 4.78 is 0. The molecule has 30 heavy (non-hydrogen) atoms. The summed E-state index contributed by atoms with van der Waals surface area (Å²) in [6.45, 7) is 2.07. The molecule has 0 fully saturated rings. The van der Waals surface area contributed by atoms with Crippen LogP contribution in [-0.4, -0.2) is 59.4 Å². The van der Waals surface area contributed by atoms with Crippen molar-refractivity contribution >= 4 is 45.9 Å². The first-order chi connectivity index (χ1) is 14.2. The number of thiophene rings is 1. The molecule has 2 amide bonds. The summed E-state index contributed by atoms with van der Waals surface area (Å²) in [7, 11) is 1.79. The fourth-order valence-corrected chi connectivity index (χ4v) is 3.43. The highest BCUT2D eigenvalue weighted by Crippen LogP contribution is 2.26. The molecule has 0 saturated carbocycles. The van der Waals surface area contributed by atoms with Crippen LogP contribution in [0.15, 0.2) is 41.1 Å². The fraction of sp³-hybridized carbons (Fsp3) is 0.316. The first-order valence-electron chi connectivity index (χ1n) is 8.95. The highest BCUT2D eigenvalue weighted by molar-refractivity contribution is 7.18. The van der Waals surface area contributed by atoms with Crippen LogP contribution in [0.5, 0.6) is 0 Å². The number of amidine groups is 1. The highest BCUT2D eigenvalue weighted by atomic mass is 32.1. The number of nitrogens with zero attached hydrogens (tertiary/aromatic N) is 2. The van der Waals surface area contributed by atoms with Gasteiger partial charge < -0.3 is 25.7 Å². The first-order valence-corrected chi connectivity index (χ1v) is 9.76. The number of nitrogens with one attached hydrogen (secondary N) is 2. The van der Waals surface area contributed by atoms with E-state index >= 15 is 0 Å². The van der Waals surface area contributed by atoms with E-state index < -0.39 is 23.9 Å². The molecule has 2 rings (SSSR count). The molecule has 1 aliphatic rings. The zero-order chi connectivity index (χ0) is 22.3. The summed E-state index contributed by atoms with van der Waals surface area (Å²) in [4.78, 5) is 52.1. The minimum Gasteiger partial charge on any atom is -0.481 e. The molecule has 1 aliphatic heterocycles. The molecule has 0 aliphatic carbocycles. The van der Waals surface area contributed by atoms with Crippen molar-refractivity contribution in [3.05, 3.63) is 40.9 Å². The maximum Gasteiger partial charge on any atom is 0.326 e. The average molecular weight is 434 g/mol. The minimum atomic E-state index is -1.29. The number of carbonyl (C=O) groups excluding carboxylic acids is 2. The van der Waals surface area contributed by atoms with Gasteiger partial charge in [0.2, 0.25) is 0 Å². The van der Waals surface area contributed by atoms with Gasteiger partial charge in [-0.05, 0) is 37.1 Å². The van der Waals surface area contributed by atoms with E-state index in [1.165, 1.54) is 6.08 Å². The molecule has 1 atom stereocenters. The Kier molecular flexibility index (Phi) is 7.87. The van der Waals surface area contributed by atoms with Crippen molar-refractivity contribution in [1.29, 1.82) is 0 Å². The van der Waals surface area contributed by atoms with Crippen molar-refractivity contribution in [1.82, 2.24) is 10.6 Å². The molecule has 11 heteroatoms. The van der Waals surface area contributed by atoms with Crippen LogP contribution in [0.4, 0.5) is 5.00 Å². The van der Waals surface area contributed by atoms with Gasteiger partial charge in [0.15, 0.2) is 0 Å². The second-order valence-corrected chi connectivity index (χ2v) is 7.59. The third kappa shape index (κ3) is 6.85. The molecule has 1 aromatic heterocycles. The molecule has 2 heterocycles. The summed E-state index contributed by atoms with van der Waals surface area (Å²) in [5, 5.41) is 23.8. The largest absolute Gasteiger partial charge is 0.481 e. The molecule has 4 N–H and O–H groups in total. The standard InChI is InChI=1S/C19H22N4O6S/c1-11-20-8-7-12(9-15(24)21-11)10-23(2)16-5-4-14(30-16)18(27)22-13(19(28)29)3-6-17(25)26/h4-5,7-9,13H,3,6,10H2,1-2H3,(H,22,27)(H,25,26)(H,28,29)(H,20,21,24)/t13-/m0/s1. The van der Waals surface area contributed by atoms with Crippen LogP contribution in [0.25, 0.3) is 0 Å². The Morgan fingerprint density at radius 1 is 1.30 bits per heavy atom. The number of anilines is 1. The van der Waals surface area contributed by atoms with Gasteiger partial charge in [-0.15, -0.1) is 11.3 Å². The number of aliphatic imine (C=N–C) groups is 1. The lowest BCUT2D eigenvalue weighted by atomic mass is 10.1. The molecule has 0 unspecified atom stereocenters. The average Bonchev–Trinajstić information content (AvgIpc) is 3.13. The Morgan fingerprint density at radius 2 is 2.03 bits per heavy atom. The Labute approximate surface area is 176 Å². The van der Waals surface area contributed by atoms with Gasteiger partial charge in [0.25, 0.3) is 11.8 Å². The molecule has 0 radical (unpaired) electrons. The van der Waals surface area contributed by atoms with Gasteiger partial charge in [0.05, 0.1) is 9.88 Å². The van der Waals surface area contributed by atoms with E-state index in [1.807, 2.05) is 4.90 Å². The lowest BCUT2D eigenvalue weighted by molar-refractivity contribution is -0.140. The molecule has 0 spiro atoms. The van der Waals surface area contributed by atoms with Gasteiger partial charge in [0, 0.05) is 32.3 Å². The topological polar surface area (TPSA) is 148 Å². The van der Waals surface area contributed by atoms with Crippen LogP contribution in [0.1, 0.15) is 29.4 Å². The van der Waals surface area contributed by atoms with Crippen LogP contribution in [0.2, 0.25) is 0 Å². The van der Waals surface area contributed by atoms with E-state index in [0.29, 0.717) is 22.8 Å². The van der Waals surface area contributed by atoms with Gasteiger partial charge in [-0.3, -0.25) is 14.4 Å². The maximum absolute atomic E-state index is 12.4. The van der Waals surface area contributed by atoms with Crippen molar-refractivity contribution in [3.8, 4) is 0 Å². The van der Waals surface area contributed by atoms with Crippen LogP contribution in [0, 0.1) is 0 Å². The molecule has 10 nitrogen and oxygen atoms in total. The summed E-state index contributed by atoms with van der Waals surface area (Å²) in [5.41, 5.74) is 0.713. The Hall–Kier alpha value is -3.47. The summed E-state index contributed by atoms with van der Waals surface area (Å²) in [6.07, 6.45) is 4.29. The van der Waals surface area contributed by atoms with E-state index in [-0.39, 0.29) is 18.7 Å². The maximum atomic E-state index is 12.4. The van der Waals surface area contributed by atoms with Gasteiger partial charge in [-0.2, -0.15) is 4.99 Å². The van der Waals surface area contributed by atoms with Crippen LogP contribution < -0.4 is 15.5 Å². The summed E-state index contributed by atoms with van der Waals surface area (Å²) in [5.74, 6) is -2.90. The number of carboxylic acid groups (broad SMARTS) is 2. The zero-order valence-electron chi connectivity index (χ0n) is 16.4. The van der Waals surface area contributed by atoms with Gasteiger partial charge >= 0.3 is 11.9 Å². The first kappa shape index (κ1) is 22.8. The molecule has 1 aromatic rings. The minimum absolute atomic E-state index is 0.209. The molecule has 0 saturated heterocycles. The van der Waals surface area contributed by atoms with Crippen molar-refractivity contribution in [2.75, 3.05) is 18.5 Å². The van der Waals surface area contributed by atoms with E-state index in [0.717, 1.165) is 16.3 Å². The zero-order valence-corrected chi connectivity index (χ0v) is 17.2. The highest BCUT2D eigenvalue weighted by Gasteiger charge is 2.22. The third-order valence-electron chi connectivity index (χ3n) is 4.04. The molecule has 0 aromatic carbocycles. The van der Waals surface area contributed by atoms with E-state index in [9.17, 15) is 24.3 Å². The molecular weight excluding hydrogens is 412 g/mol. The smallest absolute Gasteiger partial charge is 0.326 e. The van der Waals surface area contributed by atoms with Crippen molar-refractivity contribution < 1.29 is 29.4 Å². The normalized spacial score (nSPS) is 14.5. The number of amides is 2. The van der Waals surface area contributed by atoms with E-state index in [4.69, 9.17) is 5.11 Å². The monoisotopic (exact) mass is 434 g/mol. The number of carboxylic acids is 2. The molecule has 0 bridgehead atoms. The number of rotatable bonds is 9. The second-order valence-electron chi connectivity index (χ2n) is 6.52. The Bertz CT molecular complexity index is 933. The Morgan fingerprint density at radius 3 is 2.70 bits per heavy atom. The van der Waals surface area contributed by atoms with E-state index in [1.54, 1.807) is 38.4 Å². The Balaban J connectivity index is 2.04. The van der Waals surface area contributed by atoms with E-state index in [2.05, 4.69) is 15.6 Å². The number of aliphatic carboxylic acids is 2. The van der Waals surface area contributed by atoms with Gasteiger partial charge in [-0.1, -0.05) is 0 Å². The third-order valence-corrected chi connectivity index (χ3v) is 5.24. The summed E-state index contributed by atoms with van der Waals surface area (Å²) in [6, 6.07) is 1.98. The van der Waals surface area contributed by atoms with Crippen molar-refractivity contribution in [2.24, 2.45) is 4.99 Å². The number of hydrogen-bond donors (Lipinski definition) is 4. The lowest BCUT2D eigenvalue weighted by Crippen LogP contribution is -2.40. The molecule has 160 valence electrons. The SMILES string of the molecule is CC1=NC(=O)C=C(CN(C)c2ccc(C(=O)N[C@@H](CCC(=O)O)C(=O)O)s2)C=CN1. The van der Waals surface area contributed by atoms with Gasteiger partial charge in [-0.25, -0.2) is 4.79 Å². The predicted molar refractivity (Wildman–Crippen MR) is 112 cm³/mol. The lowest BCUT2D eigenvalue weighted by Gasteiger charge is -2.18. The quantitative estimate of drug-likeness (QED) is 0.453. The number of hydrogen-bond acceptors (Lipinski definition) is 7. The van der Waals surface area contributed by atoms with Crippen molar-refractivity contribution in [2.45, 2.75) is 25.8 Å². The fourth-order valence-electron chi connectivity index (χ4n) is 2.57. The van der Waals surface area contributed by atoms with Crippen LogP contribution >= 0.6 is 11.3 Å². The van der Waals surface area contributed by atoms with Crippen LogP contribution in [-0.2, 0) is 14.4 Å². The van der Waals surface area contributed by atoms with Crippen LogP contribution in [0.3, 0.4) is 0 Å². The predicted octanol–water partition coefficient (Wildman–Crippen LogP) is 1.22. The second kappa shape index (κ2) is 10.3. The molecular formula is C19H22N4O6S. The number of carbonyl (C=O) groups is 4. The van der Waals surface area contributed by atoms with Crippen molar-refractivity contribution in [3.63, 3.8) is 0 Å².